The first kappa shape index (κ1) is 16.2. The van der Waals surface area contributed by atoms with E-state index in [0.717, 1.165) is 5.56 Å². The molecule has 0 spiro atoms. The van der Waals surface area contributed by atoms with Gasteiger partial charge in [0.15, 0.2) is 0 Å². The van der Waals surface area contributed by atoms with E-state index >= 15 is 0 Å². The van der Waals surface area contributed by atoms with Gasteiger partial charge < -0.3 is 5.11 Å². The Morgan fingerprint density at radius 3 is 2.30 bits per heavy atom. The number of benzene rings is 1. The molecule has 0 aromatic heterocycles. The molecule has 0 saturated carbocycles. The number of rotatable bonds is 8. The molecule has 0 heterocycles. The van der Waals surface area contributed by atoms with Gasteiger partial charge in [0.25, 0.3) is 0 Å². The van der Waals surface area contributed by atoms with Crippen molar-refractivity contribution in [3.05, 3.63) is 42.0 Å². The standard InChI is InChI=1S/C17H22O3/c1-13(2)10-16(18)11-15(12-17(19)20)9-8-14-6-4-3-5-7-14/h3-9,13,15H,10-12H2,1-2H3,(H,19,20)/b9-8+. The maximum atomic E-state index is 11.8. The zero-order valence-electron chi connectivity index (χ0n) is 12.1. The molecular weight excluding hydrogens is 252 g/mol. The maximum Gasteiger partial charge on any atom is 0.303 e. The lowest BCUT2D eigenvalue weighted by atomic mass is 9.94. The number of ketones is 1. The van der Waals surface area contributed by atoms with Gasteiger partial charge in [0.05, 0.1) is 6.42 Å². The lowest BCUT2D eigenvalue weighted by Gasteiger charge is -2.10. The molecule has 1 rings (SSSR count). The highest BCUT2D eigenvalue weighted by molar-refractivity contribution is 5.80. The van der Waals surface area contributed by atoms with Crippen LogP contribution in [0.4, 0.5) is 0 Å². The summed E-state index contributed by atoms with van der Waals surface area (Å²) in [4.78, 5) is 22.7. The van der Waals surface area contributed by atoms with Gasteiger partial charge in [0.1, 0.15) is 5.78 Å². The number of carbonyl (C=O) groups is 2. The number of Topliss-reactive ketones (excluding diaryl/α,β-unsaturated/α-hetero) is 1. The minimum absolute atomic E-state index is 0.00678. The van der Waals surface area contributed by atoms with Gasteiger partial charge in [-0.3, -0.25) is 9.59 Å². The summed E-state index contributed by atoms with van der Waals surface area (Å²) in [5.41, 5.74) is 1.01. The van der Waals surface area contributed by atoms with Crippen molar-refractivity contribution >= 4 is 17.8 Å². The largest absolute Gasteiger partial charge is 0.481 e. The van der Waals surface area contributed by atoms with E-state index in [1.807, 2.05) is 56.3 Å². The van der Waals surface area contributed by atoms with Crippen LogP contribution in [0.5, 0.6) is 0 Å². The van der Waals surface area contributed by atoms with E-state index in [1.54, 1.807) is 0 Å². The number of carboxylic acids is 1. The van der Waals surface area contributed by atoms with Crippen LogP contribution in [0, 0.1) is 11.8 Å². The fourth-order valence-corrected chi connectivity index (χ4v) is 2.07. The van der Waals surface area contributed by atoms with Crippen LogP contribution in [0.25, 0.3) is 6.08 Å². The van der Waals surface area contributed by atoms with E-state index in [1.165, 1.54) is 0 Å². The van der Waals surface area contributed by atoms with Gasteiger partial charge >= 0.3 is 5.97 Å². The molecule has 1 aromatic carbocycles. The number of hydrogen-bond acceptors (Lipinski definition) is 2. The van der Waals surface area contributed by atoms with Gasteiger partial charge in [-0.05, 0) is 17.4 Å². The van der Waals surface area contributed by atoms with Crippen LogP contribution in [-0.4, -0.2) is 16.9 Å². The quantitative estimate of drug-likeness (QED) is 0.784. The molecule has 108 valence electrons. The highest BCUT2D eigenvalue weighted by Crippen LogP contribution is 2.16. The van der Waals surface area contributed by atoms with Crippen molar-refractivity contribution in [1.29, 1.82) is 0 Å². The van der Waals surface area contributed by atoms with Crippen LogP contribution in [0.3, 0.4) is 0 Å². The molecule has 1 atom stereocenters. The Morgan fingerprint density at radius 1 is 1.10 bits per heavy atom. The molecule has 0 aliphatic heterocycles. The van der Waals surface area contributed by atoms with Gasteiger partial charge in [0.2, 0.25) is 0 Å². The molecule has 1 N–H and O–H groups in total. The Hall–Kier alpha value is -1.90. The average molecular weight is 274 g/mol. The third kappa shape index (κ3) is 6.88. The van der Waals surface area contributed by atoms with Crippen molar-refractivity contribution < 1.29 is 14.7 Å². The first-order valence-corrected chi connectivity index (χ1v) is 6.94. The second kappa shape index (κ2) is 8.31. The van der Waals surface area contributed by atoms with Crippen molar-refractivity contribution in [3.63, 3.8) is 0 Å². The molecule has 1 aromatic rings. The summed E-state index contributed by atoms with van der Waals surface area (Å²) in [7, 11) is 0. The number of aliphatic carboxylic acids is 1. The van der Waals surface area contributed by atoms with Gasteiger partial charge in [-0.25, -0.2) is 0 Å². The molecule has 0 saturated heterocycles. The van der Waals surface area contributed by atoms with Gasteiger partial charge in [-0.1, -0.05) is 56.3 Å². The van der Waals surface area contributed by atoms with Crippen molar-refractivity contribution in [3.8, 4) is 0 Å². The van der Waals surface area contributed by atoms with Crippen molar-refractivity contribution in [2.45, 2.75) is 33.1 Å². The summed E-state index contributed by atoms with van der Waals surface area (Å²) in [6.45, 7) is 3.98. The molecule has 0 amide bonds. The van der Waals surface area contributed by atoms with Crippen molar-refractivity contribution in [2.24, 2.45) is 11.8 Å². The second-order valence-corrected chi connectivity index (χ2v) is 5.47. The number of hydrogen-bond donors (Lipinski definition) is 1. The summed E-state index contributed by atoms with van der Waals surface area (Å²) in [6, 6.07) is 9.68. The first-order valence-electron chi connectivity index (χ1n) is 6.94. The molecule has 0 bridgehead atoms. The maximum absolute atomic E-state index is 11.8. The molecule has 0 aliphatic carbocycles. The predicted octanol–water partition coefficient (Wildman–Crippen LogP) is 3.80. The van der Waals surface area contributed by atoms with E-state index in [4.69, 9.17) is 5.11 Å². The predicted molar refractivity (Wildman–Crippen MR) is 80.3 cm³/mol. The monoisotopic (exact) mass is 274 g/mol. The topological polar surface area (TPSA) is 54.4 Å². The summed E-state index contributed by atoms with van der Waals surface area (Å²) < 4.78 is 0. The van der Waals surface area contributed by atoms with Gasteiger partial charge in [0, 0.05) is 12.8 Å². The van der Waals surface area contributed by atoms with Crippen LogP contribution in [0.2, 0.25) is 0 Å². The lowest BCUT2D eigenvalue weighted by molar-refractivity contribution is -0.137. The van der Waals surface area contributed by atoms with E-state index in [-0.39, 0.29) is 18.1 Å². The second-order valence-electron chi connectivity index (χ2n) is 5.47. The van der Waals surface area contributed by atoms with Crippen LogP contribution in [-0.2, 0) is 9.59 Å². The highest BCUT2D eigenvalue weighted by Gasteiger charge is 2.15. The van der Waals surface area contributed by atoms with Crippen molar-refractivity contribution in [1.82, 2.24) is 0 Å². The van der Waals surface area contributed by atoms with Gasteiger partial charge in [-0.15, -0.1) is 0 Å². The van der Waals surface area contributed by atoms with Gasteiger partial charge in [-0.2, -0.15) is 0 Å². The third-order valence-corrected chi connectivity index (χ3v) is 2.92. The fraction of sp³-hybridized carbons (Fsp3) is 0.412. The van der Waals surface area contributed by atoms with Crippen LogP contribution >= 0.6 is 0 Å². The Kier molecular flexibility index (Phi) is 6.71. The molecule has 1 unspecified atom stereocenters. The average Bonchev–Trinajstić information content (AvgIpc) is 2.35. The molecule has 20 heavy (non-hydrogen) atoms. The third-order valence-electron chi connectivity index (χ3n) is 2.92. The Morgan fingerprint density at radius 2 is 1.75 bits per heavy atom. The van der Waals surface area contributed by atoms with E-state index in [2.05, 4.69) is 0 Å². The molecule has 0 fully saturated rings. The van der Waals surface area contributed by atoms with E-state index < -0.39 is 5.97 Å². The number of carboxylic acid groups (broad SMARTS) is 1. The summed E-state index contributed by atoms with van der Waals surface area (Å²) in [5, 5.41) is 8.93. The fourth-order valence-electron chi connectivity index (χ4n) is 2.07. The van der Waals surface area contributed by atoms with E-state index in [9.17, 15) is 9.59 Å². The van der Waals surface area contributed by atoms with Crippen LogP contribution in [0.15, 0.2) is 36.4 Å². The number of carbonyl (C=O) groups excluding carboxylic acids is 1. The smallest absolute Gasteiger partial charge is 0.303 e. The minimum atomic E-state index is -0.870. The summed E-state index contributed by atoms with van der Waals surface area (Å²) >= 11 is 0. The molecule has 3 heteroatoms. The molecular formula is C17H22O3. The van der Waals surface area contributed by atoms with Crippen LogP contribution in [0.1, 0.15) is 38.7 Å². The normalized spacial score (nSPS) is 12.8. The summed E-state index contributed by atoms with van der Waals surface area (Å²) in [5.74, 6) is -0.668. The first-order chi connectivity index (χ1) is 9.47. The molecule has 3 nitrogen and oxygen atoms in total. The molecule has 0 aliphatic rings. The summed E-state index contributed by atoms with van der Waals surface area (Å²) in [6.07, 6.45) is 4.52. The number of allylic oxidation sites excluding steroid dienone is 1. The van der Waals surface area contributed by atoms with Crippen LogP contribution < -0.4 is 0 Å². The zero-order chi connectivity index (χ0) is 15.0. The Balaban J connectivity index is 2.67. The molecule has 0 radical (unpaired) electrons. The van der Waals surface area contributed by atoms with E-state index in [0.29, 0.717) is 18.8 Å². The Labute approximate surface area is 120 Å². The zero-order valence-corrected chi connectivity index (χ0v) is 12.1. The Bertz CT molecular complexity index is 460. The lowest BCUT2D eigenvalue weighted by Crippen LogP contribution is -2.12. The highest BCUT2D eigenvalue weighted by atomic mass is 16.4. The minimum Gasteiger partial charge on any atom is -0.481 e. The van der Waals surface area contributed by atoms with Crippen molar-refractivity contribution in [2.75, 3.05) is 0 Å². The SMILES string of the molecule is CC(C)CC(=O)CC(/C=C/c1ccccc1)CC(=O)O.